The summed E-state index contributed by atoms with van der Waals surface area (Å²) in [4.78, 5) is 11.0. The maximum absolute atomic E-state index is 11.0. The van der Waals surface area contributed by atoms with Crippen LogP contribution in [-0.4, -0.2) is 50.8 Å². The first kappa shape index (κ1) is 12.4. The fourth-order valence-corrected chi connectivity index (χ4v) is 1.20. The van der Waals surface area contributed by atoms with Crippen molar-refractivity contribution in [2.24, 2.45) is 5.73 Å². The first-order valence-electron chi connectivity index (χ1n) is 4.57. The Bertz CT molecular complexity index is 163. The lowest BCUT2D eigenvalue weighted by Crippen LogP contribution is -2.45. The van der Waals surface area contributed by atoms with Crippen LogP contribution in [0.1, 0.15) is 13.3 Å². The van der Waals surface area contributed by atoms with Crippen molar-refractivity contribution in [1.82, 2.24) is 0 Å². The van der Waals surface area contributed by atoms with Crippen molar-refractivity contribution in [3.05, 3.63) is 0 Å². The van der Waals surface area contributed by atoms with Gasteiger partial charge in [0, 0.05) is 0 Å². The smallest absolute Gasteiger partial charge is 0.307 e. The van der Waals surface area contributed by atoms with Crippen molar-refractivity contribution < 1.29 is 14.0 Å². The maximum Gasteiger partial charge on any atom is 0.307 e. The number of rotatable bonds is 5. The number of likely N-dealkylation sites (N-methyl/N-ethyl adjacent to an activating group) is 1. The van der Waals surface area contributed by atoms with Gasteiger partial charge < -0.3 is 15.0 Å². The molecular formula is C9H21N2O2+. The second-order valence-corrected chi connectivity index (χ2v) is 4.24. The van der Waals surface area contributed by atoms with Crippen molar-refractivity contribution in [3.63, 3.8) is 0 Å². The molecule has 78 valence electrons. The third kappa shape index (κ3) is 7.74. The lowest BCUT2D eigenvalue weighted by Gasteiger charge is -2.26. The summed E-state index contributed by atoms with van der Waals surface area (Å²) in [5, 5.41) is 0. The van der Waals surface area contributed by atoms with E-state index in [1.165, 1.54) is 0 Å². The maximum atomic E-state index is 11.0. The van der Waals surface area contributed by atoms with Crippen molar-refractivity contribution in [2.75, 3.05) is 34.3 Å². The number of ether oxygens (including phenoxy) is 1. The molecule has 0 amide bonds. The Kier molecular flexibility index (Phi) is 4.95. The van der Waals surface area contributed by atoms with Gasteiger partial charge in [-0.15, -0.1) is 0 Å². The van der Waals surface area contributed by atoms with Crippen molar-refractivity contribution in [2.45, 2.75) is 19.4 Å². The van der Waals surface area contributed by atoms with Gasteiger partial charge in [-0.2, -0.15) is 0 Å². The van der Waals surface area contributed by atoms with E-state index in [0.29, 0.717) is 13.0 Å². The Morgan fingerprint density at radius 3 is 2.38 bits per heavy atom. The van der Waals surface area contributed by atoms with E-state index in [9.17, 15) is 4.79 Å². The van der Waals surface area contributed by atoms with Crippen LogP contribution < -0.4 is 5.73 Å². The molecule has 13 heavy (non-hydrogen) atoms. The number of hydrogen-bond acceptors (Lipinski definition) is 3. The van der Waals surface area contributed by atoms with E-state index >= 15 is 0 Å². The topological polar surface area (TPSA) is 52.3 Å². The number of carbonyl (C=O) groups excluding carboxylic acids is 1. The van der Waals surface area contributed by atoms with E-state index in [-0.39, 0.29) is 12.0 Å². The zero-order valence-electron chi connectivity index (χ0n) is 9.04. The van der Waals surface area contributed by atoms with Crippen LogP contribution in [0.25, 0.3) is 0 Å². The molecule has 0 unspecified atom stereocenters. The van der Waals surface area contributed by atoms with E-state index in [4.69, 9.17) is 10.5 Å². The predicted octanol–water partition coefficient (Wildman–Crippen LogP) is -0.0269. The van der Waals surface area contributed by atoms with Crippen molar-refractivity contribution in [3.8, 4) is 0 Å². The normalized spacial score (nSPS) is 13.9. The minimum absolute atomic E-state index is 0.112. The van der Waals surface area contributed by atoms with E-state index < -0.39 is 0 Å². The van der Waals surface area contributed by atoms with E-state index in [1.54, 1.807) is 6.92 Å². The molecule has 0 saturated heterocycles. The molecule has 1 atom stereocenters. The van der Waals surface area contributed by atoms with Gasteiger partial charge in [-0.25, -0.2) is 0 Å². The van der Waals surface area contributed by atoms with Gasteiger partial charge in [0.15, 0.2) is 0 Å². The molecule has 0 spiro atoms. The summed E-state index contributed by atoms with van der Waals surface area (Å²) in [7, 11) is 6.14. The Labute approximate surface area is 80.2 Å². The molecule has 0 aromatic rings. The van der Waals surface area contributed by atoms with Crippen LogP contribution in [-0.2, 0) is 9.53 Å². The Morgan fingerprint density at radius 2 is 2.00 bits per heavy atom. The van der Waals surface area contributed by atoms with Crippen LogP contribution in [0.3, 0.4) is 0 Å². The number of nitrogens with two attached hydrogens (primary N) is 1. The molecule has 4 heteroatoms. The SMILES string of the molecule is CCOC(=O)C[C@@H](N)C[N+](C)(C)C. The molecule has 0 heterocycles. The van der Waals surface area contributed by atoms with E-state index in [2.05, 4.69) is 0 Å². The van der Waals surface area contributed by atoms with Crippen molar-refractivity contribution >= 4 is 5.97 Å². The van der Waals surface area contributed by atoms with Crippen molar-refractivity contribution in [1.29, 1.82) is 0 Å². The van der Waals surface area contributed by atoms with E-state index in [1.807, 2.05) is 21.1 Å². The van der Waals surface area contributed by atoms with Gasteiger partial charge in [0.2, 0.25) is 0 Å². The molecule has 0 aliphatic carbocycles. The van der Waals surface area contributed by atoms with Crippen LogP contribution in [0, 0.1) is 0 Å². The second kappa shape index (κ2) is 5.19. The van der Waals surface area contributed by atoms with Crippen LogP contribution >= 0.6 is 0 Å². The van der Waals surface area contributed by atoms with Gasteiger partial charge in [0.1, 0.15) is 0 Å². The van der Waals surface area contributed by atoms with Gasteiger partial charge in [0.25, 0.3) is 0 Å². The van der Waals surface area contributed by atoms with Gasteiger partial charge in [0.05, 0.1) is 46.8 Å². The molecule has 0 radical (unpaired) electrons. The summed E-state index contributed by atoms with van der Waals surface area (Å²) < 4.78 is 5.57. The molecule has 0 aromatic heterocycles. The number of carbonyl (C=O) groups is 1. The first-order chi connectivity index (χ1) is 5.85. The average Bonchev–Trinajstić information content (AvgIpc) is 1.81. The fourth-order valence-electron chi connectivity index (χ4n) is 1.20. The third-order valence-electron chi connectivity index (χ3n) is 1.52. The summed E-state index contributed by atoms with van der Waals surface area (Å²) >= 11 is 0. The summed E-state index contributed by atoms with van der Waals surface area (Å²) in [6, 6.07) is -0.112. The molecule has 0 bridgehead atoms. The number of esters is 1. The van der Waals surface area contributed by atoms with E-state index in [0.717, 1.165) is 11.0 Å². The van der Waals surface area contributed by atoms with Gasteiger partial charge >= 0.3 is 5.97 Å². The zero-order chi connectivity index (χ0) is 10.5. The van der Waals surface area contributed by atoms with Gasteiger partial charge in [-0.3, -0.25) is 4.79 Å². The summed E-state index contributed by atoms with van der Waals surface area (Å²) in [5.74, 6) is -0.205. The second-order valence-electron chi connectivity index (χ2n) is 4.24. The summed E-state index contributed by atoms with van der Waals surface area (Å²) in [6.07, 6.45) is 0.309. The molecular weight excluding hydrogens is 168 g/mol. The number of quaternary nitrogens is 1. The minimum Gasteiger partial charge on any atom is -0.466 e. The molecule has 4 nitrogen and oxygen atoms in total. The molecule has 0 aliphatic rings. The van der Waals surface area contributed by atoms with Crippen LogP contribution in [0.5, 0.6) is 0 Å². The number of hydrogen-bond donors (Lipinski definition) is 1. The average molecular weight is 189 g/mol. The predicted molar refractivity (Wildman–Crippen MR) is 52.1 cm³/mol. The number of nitrogens with zero attached hydrogens (tertiary/aromatic N) is 1. The highest BCUT2D eigenvalue weighted by Crippen LogP contribution is 1.98. The lowest BCUT2D eigenvalue weighted by atomic mass is 10.2. The molecule has 0 fully saturated rings. The summed E-state index contributed by atoms with van der Waals surface area (Å²) in [6.45, 7) is 3.00. The van der Waals surface area contributed by atoms with Crippen LogP contribution in [0.4, 0.5) is 0 Å². The molecule has 0 aliphatic heterocycles. The van der Waals surface area contributed by atoms with Crippen LogP contribution in [0.2, 0.25) is 0 Å². The highest BCUT2D eigenvalue weighted by Gasteiger charge is 2.17. The lowest BCUT2D eigenvalue weighted by molar-refractivity contribution is -0.871. The quantitative estimate of drug-likeness (QED) is 0.488. The molecule has 0 aromatic carbocycles. The van der Waals surface area contributed by atoms with Gasteiger partial charge in [-0.05, 0) is 6.92 Å². The molecule has 0 rings (SSSR count). The highest BCUT2D eigenvalue weighted by molar-refractivity contribution is 5.70. The monoisotopic (exact) mass is 189 g/mol. The standard InChI is InChI=1S/C9H21N2O2/c1-5-13-9(12)6-8(10)7-11(2,3)4/h8H,5-7,10H2,1-4H3/q+1/t8-/m1/s1. The van der Waals surface area contributed by atoms with Crippen LogP contribution in [0.15, 0.2) is 0 Å². The fraction of sp³-hybridized carbons (Fsp3) is 0.889. The third-order valence-corrected chi connectivity index (χ3v) is 1.52. The highest BCUT2D eigenvalue weighted by atomic mass is 16.5. The Balaban J connectivity index is 3.74. The zero-order valence-corrected chi connectivity index (χ0v) is 9.04. The van der Waals surface area contributed by atoms with Gasteiger partial charge in [-0.1, -0.05) is 0 Å². The largest absolute Gasteiger partial charge is 0.466 e. The minimum atomic E-state index is -0.205. The first-order valence-corrected chi connectivity index (χ1v) is 4.57. The summed E-state index contributed by atoms with van der Waals surface area (Å²) in [5.41, 5.74) is 5.77. The Hall–Kier alpha value is -0.610. The Morgan fingerprint density at radius 1 is 1.46 bits per heavy atom. The molecule has 0 saturated carbocycles. The molecule has 2 N–H and O–H groups in total.